The zero-order chi connectivity index (χ0) is 14.9. The molecule has 112 valence electrons. The minimum atomic E-state index is -0.103. The van der Waals surface area contributed by atoms with Crippen LogP contribution in [0.5, 0.6) is 0 Å². The molecule has 1 fully saturated rings. The van der Waals surface area contributed by atoms with Crippen LogP contribution in [0.15, 0.2) is 45.5 Å². The van der Waals surface area contributed by atoms with Gasteiger partial charge in [0.25, 0.3) is 5.91 Å². The summed E-state index contributed by atoms with van der Waals surface area (Å²) >= 11 is 0. The Bertz CT molecular complexity index is 753. The van der Waals surface area contributed by atoms with Crippen molar-refractivity contribution in [1.29, 1.82) is 0 Å². The second-order valence-electron chi connectivity index (χ2n) is 5.46. The molecule has 0 N–H and O–H groups in total. The Kier molecular flexibility index (Phi) is 3.14. The first kappa shape index (κ1) is 13.1. The van der Waals surface area contributed by atoms with Gasteiger partial charge < -0.3 is 13.8 Å². The summed E-state index contributed by atoms with van der Waals surface area (Å²) in [6, 6.07) is 9.36. The summed E-state index contributed by atoms with van der Waals surface area (Å²) < 4.78 is 10.8. The Morgan fingerprint density at radius 2 is 2.00 bits per heavy atom. The number of hydrogen-bond donors (Lipinski definition) is 0. The number of carbonyl (C=O) groups excluding carboxylic acids is 1. The Hall–Kier alpha value is -2.63. The minimum Gasteiger partial charge on any atom is -0.440 e. The number of rotatable bonds is 2. The SMILES string of the molecule is O=C(c1ccno1)N1CCC(c2nc3ccccc3o2)CC1. The molecule has 4 rings (SSSR count). The van der Waals surface area contributed by atoms with E-state index in [1.807, 2.05) is 24.3 Å². The molecule has 0 unspecified atom stereocenters. The molecule has 0 radical (unpaired) electrons. The van der Waals surface area contributed by atoms with Crippen LogP contribution < -0.4 is 0 Å². The fraction of sp³-hybridized carbons (Fsp3) is 0.312. The number of aromatic nitrogens is 2. The van der Waals surface area contributed by atoms with E-state index in [2.05, 4.69) is 10.1 Å². The maximum atomic E-state index is 12.2. The van der Waals surface area contributed by atoms with Crippen molar-refractivity contribution in [3.8, 4) is 0 Å². The summed E-state index contributed by atoms with van der Waals surface area (Å²) in [5.41, 5.74) is 1.70. The van der Waals surface area contributed by atoms with Gasteiger partial charge >= 0.3 is 0 Å². The molecule has 0 saturated carbocycles. The van der Waals surface area contributed by atoms with E-state index in [0.717, 1.165) is 29.8 Å². The molecule has 1 amide bonds. The second-order valence-corrected chi connectivity index (χ2v) is 5.46. The zero-order valence-corrected chi connectivity index (χ0v) is 11.9. The number of benzene rings is 1. The largest absolute Gasteiger partial charge is 0.440 e. The van der Waals surface area contributed by atoms with E-state index in [-0.39, 0.29) is 11.8 Å². The van der Waals surface area contributed by atoms with Crippen LogP contribution in [-0.2, 0) is 0 Å². The molecule has 2 aromatic heterocycles. The van der Waals surface area contributed by atoms with Crippen molar-refractivity contribution in [1.82, 2.24) is 15.0 Å². The molecular weight excluding hydrogens is 282 g/mol. The number of nitrogens with zero attached hydrogens (tertiary/aromatic N) is 3. The molecule has 1 saturated heterocycles. The summed E-state index contributed by atoms with van der Waals surface area (Å²) in [5, 5.41) is 3.58. The average molecular weight is 297 g/mol. The van der Waals surface area contributed by atoms with Crippen molar-refractivity contribution in [2.75, 3.05) is 13.1 Å². The zero-order valence-electron chi connectivity index (χ0n) is 11.9. The van der Waals surface area contributed by atoms with E-state index in [1.54, 1.807) is 11.0 Å². The van der Waals surface area contributed by atoms with Gasteiger partial charge in [0.15, 0.2) is 11.5 Å². The first-order valence-electron chi connectivity index (χ1n) is 7.37. The minimum absolute atomic E-state index is 0.103. The monoisotopic (exact) mass is 297 g/mol. The first-order valence-corrected chi connectivity index (χ1v) is 7.37. The van der Waals surface area contributed by atoms with Crippen molar-refractivity contribution in [2.24, 2.45) is 0 Å². The van der Waals surface area contributed by atoms with Crippen LogP contribution in [0.25, 0.3) is 11.1 Å². The third-order valence-electron chi connectivity index (χ3n) is 4.09. The molecule has 6 nitrogen and oxygen atoms in total. The predicted octanol–water partition coefficient (Wildman–Crippen LogP) is 2.84. The number of carbonyl (C=O) groups is 1. The van der Waals surface area contributed by atoms with Gasteiger partial charge in [-0.3, -0.25) is 4.79 Å². The van der Waals surface area contributed by atoms with Crippen LogP contribution in [0.2, 0.25) is 0 Å². The number of hydrogen-bond acceptors (Lipinski definition) is 5. The van der Waals surface area contributed by atoms with Crippen LogP contribution >= 0.6 is 0 Å². The van der Waals surface area contributed by atoms with Gasteiger partial charge in [0.1, 0.15) is 5.52 Å². The lowest BCUT2D eigenvalue weighted by Crippen LogP contribution is -2.37. The standard InChI is InChI=1S/C16H15N3O3/c20-16(14-5-8-17-22-14)19-9-6-11(7-10-19)15-18-12-3-1-2-4-13(12)21-15/h1-5,8,11H,6-7,9-10H2. The molecule has 3 aromatic rings. The highest BCUT2D eigenvalue weighted by Crippen LogP contribution is 2.30. The second kappa shape index (κ2) is 5.29. The smallest absolute Gasteiger partial charge is 0.292 e. The van der Waals surface area contributed by atoms with Crippen molar-refractivity contribution >= 4 is 17.0 Å². The summed E-state index contributed by atoms with van der Waals surface area (Å²) in [7, 11) is 0. The van der Waals surface area contributed by atoms with Crippen molar-refractivity contribution in [2.45, 2.75) is 18.8 Å². The summed E-state index contributed by atoms with van der Waals surface area (Å²) in [6.45, 7) is 1.34. The van der Waals surface area contributed by atoms with Crippen LogP contribution in [0, 0.1) is 0 Å². The maximum Gasteiger partial charge on any atom is 0.292 e. The van der Waals surface area contributed by atoms with Gasteiger partial charge in [-0.1, -0.05) is 17.3 Å². The molecule has 0 atom stereocenters. The van der Waals surface area contributed by atoms with Crippen LogP contribution in [-0.4, -0.2) is 34.0 Å². The van der Waals surface area contributed by atoms with E-state index in [0.29, 0.717) is 18.8 Å². The number of oxazole rings is 1. The average Bonchev–Trinajstić information content (AvgIpc) is 3.23. The van der Waals surface area contributed by atoms with Crippen molar-refractivity contribution < 1.29 is 13.7 Å². The van der Waals surface area contributed by atoms with Crippen molar-refractivity contribution in [3.63, 3.8) is 0 Å². The van der Waals surface area contributed by atoms with E-state index in [1.165, 1.54) is 6.20 Å². The highest BCUT2D eigenvalue weighted by Gasteiger charge is 2.28. The molecule has 0 spiro atoms. The number of amides is 1. The summed E-state index contributed by atoms with van der Waals surface area (Å²) in [5.74, 6) is 1.22. The predicted molar refractivity (Wildman–Crippen MR) is 78.4 cm³/mol. The molecule has 0 bridgehead atoms. The van der Waals surface area contributed by atoms with E-state index < -0.39 is 0 Å². The molecule has 1 aromatic carbocycles. The fourth-order valence-electron chi connectivity index (χ4n) is 2.88. The molecule has 3 heterocycles. The summed E-state index contributed by atoms with van der Waals surface area (Å²) in [4.78, 5) is 18.5. The molecule has 6 heteroatoms. The Morgan fingerprint density at radius 1 is 1.18 bits per heavy atom. The first-order chi connectivity index (χ1) is 10.8. The lowest BCUT2D eigenvalue weighted by Gasteiger charge is -2.29. The van der Waals surface area contributed by atoms with E-state index in [9.17, 15) is 4.79 Å². The number of fused-ring (bicyclic) bond motifs is 1. The van der Waals surface area contributed by atoms with Crippen LogP contribution in [0.1, 0.15) is 35.2 Å². The topological polar surface area (TPSA) is 72.4 Å². The fourth-order valence-corrected chi connectivity index (χ4v) is 2.88. The highest BCUT2D eigenvalue weighted by atomic mass is 16.5. The number of para-hydroxylation sites is 2. The van der Waals surface area contributed by atoms with Gasteiger partial charge in [-0.2, -0.15) is 0 Å². The third kappa shape index (κ3) is 2.26. The Labute approximate surface area is 126 Å². The Morgan fingerprint density at radius 3 is 2.73 bits per heavy atom. The molecule has 0 aliphatic carbocycles. The lowest BCUT2D eigenvalue weighted by molar-refractivity contribution is 0.0665. The normalized spacial score (nSPS) is 16.3. The number of piperidine rings is 1. The molecular formula is C16H15N3O3. The van der Waals surface area contributed by atoms with Crippen molar-refractivity contribution in [3.05, 3.63) is 48.2 Å². The molecule has 22 heavy (non-hydrogen) atoms. The quantitative estimate of drug-likeness (QED) is 0.727. The van der Waals surface area contributed by atoms with Gasteiger partial charge in [-0.05, 0) is 25.0 Å². The molecule has 1 aliphatic heterocycles. The Balaban J connectivity index is 1.46. The van der Waals surface area contributed by atoms with E-state index >= 15 is 0 Å². The highest BCUT2D eigenvalue weighted by molar-refractivity contribution is 5.91. The third-order valence-corrected chi connectivity index (χ3v) is 4.09. The maximum absolute atomic E-state index is 12.2. The van der Waals surface area contributed by atoms with E-state index in [4.69, 9.17) is 8.94 Å². The van der Waals surface area contributed by atoms with Crippen LogP contribution in [0.4, 0.5) is 0 Å². The molecule has 1 aliphatic rings. The van der Waals surface area contributed by atoms with Gasteiger partial charge in [0.2, 0.25) is 5.76 Å². The van der Waals surface area contributed by atoms with Gasteiger partial charge in [-0.15, -0.1) is 0 Å². The van der Waals surface area contributed by atoms with Gasteiger partial charge in [0, 0.05) is 25.1 Å². The lowest BCUT2D eigenvalue weighted by atomic mass is 9.96. The van der Waals surface area contributed by atoms with Gasteiger partial charge in [-0.25, -0.2) is 4.98 Å². The number of likely N-dealkylation sites (tertiary alicyclic amines) is 1. The van der Waals surface area contributed by atoms with Crippen LogP contribution in [0.3, 0.4) is 0 Å². The van der Waals surface area contributed by atoms with Gasteiger partial charge in [0.05, 0.1) is 6.20 Å². The summed E-state index contributed by atoms with van der Waals surface area (Å²) in [6.07, 6.45) is 3.16.